The monoisotopic (exact) mass is 215 g/mol. The van der Waals surface area contributed by atoms with Gasteiger partial charge in [0.2, 0.25) is 5.91 Å². The summed E-state index contributed by atoms with van der Waals surface area (Å²) in [6.07, 6.45) is 0. The summed E-state index contributed by atoms with van der Waals surface area (Å²) in [4.78, 5) is 15.2. The number of rotatable bonds is 2. The molecule has 14 heavy (non-hydrogen) atoms. The third-order valence-corrected chi connectivity index (χ3v) is 3.46. The van der Waals surface area contributed by atoms with Gasteiger partial charge < -0.3 is 11.1 Å². The van der Waals surface area contributed by atoms with Crippen LogP contribution in [0.4, 0.5) is 0 Å². The van der Waals surface area contributed by atoms with Gasteiger partial charge in [-0.25, -0.2) is 0 Å². The lowest BCUT2D eigenvalue weighted by Gasteiger charge is -2.28. The number of amides is 1. The Morgan fingerprint density at radius 1 is 1.71 bits per heavy atom. The lowest BCUT2D eigenvalue weighted by Crippen LogP contribution is -2.43. The van der Waals surface area contributed by atoms with Gasteiger partial charge in [0.05, 0.1) is 0 Å². The van der Waals surface area contributed by atoms with Crippen LogP contribution in [-0.4, -0.2) is 29.4 Å². The van der Waals surface area contributed by atoms with E-state index < -0.39 is 0 Å². The van der Waals surface area contributed by atoms with Crippen LogP contribution in [0.1, 0.15) is 20.8 Å². The highest BCUT2D eigenvalue weighted by atomic mass is 32.2. The molecule has 0 saturated carbocycles. The van der Waals surface area contributed by atoms with Gasteiger partial charge in [0.25, 0.3) is 0 Å². The fraction of sp³-hybridized carbons (Fsp3) is 0.778. The van der Waals surface area contributed by atoms with Crippen molar-refractivity contribution in [1.82, 2.24) is 5.32 Å². The molecule has 0 spiro atoms. The van der Waals surface area contributed by atoms with E-state index in [1.807, 2.05) is 0 Å². The minimum absolute atomic E-state index is 0.256. The average molecular weight is 215 g/mol. The van der Waals surface area contributed by atoms with Gasteiger partial charge in [-0.1, -0.05) is 25.6 Å². The Labute approximate surface area is 88.7 Å². The van der Waals surface area contributed by atoms with E-state index >= 15 is 0 Å². The van der Waals surface area contributed by atoms with E-state index in [2.05, 4.69) is 24.2 Å². The van der Waals surface area contributed by atoms with Gasteiger partial charge in [-0.15, -0.1) is 0 Å². The van der Waals surface area contributed by atoms with E-state index in [9.17, 15) is 4.79 Å². The van der Waals surface area contributed by atoms with Crippen LogP contribution in [0.2, 0.25) is 0 Å². The third kappa shape index (κ3) is 3.21. The molecule has 0 saturated heterocycles. The lowest BCUT2D eigenvalue weighted by molar-refractivity contribution is -0.119. The van der Waals surface area contributed by atoms with E-state index in [0.717, 1.165) is 17.5 Å². The van der Waals surface area contributed by atoms with Crippen molar-refractivity contribution in [2.24, 2.45) is 16.1 Å². The summed E-state index contributed by atoms with van der Waals surface area (Å²) in [6.45, 7) is 6.90. The van der Waals surface area contributed by atoms with E-state index in [1.165, 1.54) is 0 Å². The maximum absolute atomic E-state index is 10.8. The van der Waals surface area contributed by atoms with Gasteiger partial charge in [0.1, 0.15) is 6.04 Å². The van der Waals surface area contributed by atoms with E-state index in [4.69, 9.17) is 5.73 Å². The van der Waals surface area contributed by atoms with Crippen molar-refractivity contribution in [3.8, 4) is 0 Å². The molecular weight excluding hydrogens is 198 g/mol. The lowest BCUT2D eigenvalue weighted by atomic mass is 9.97. The van der Waals surface area contributed by atoms with Crippen LogP contribution >= 0.6 is 11.8 Å². The van der Waals surface area contributed by atoms with Gasteiger partial charge >= 0.3 is 0 Å². The van der Waals surface area contributed by atoms with E-state index in [0.29, 0.717) is 0 Å². The van der Waals surface area contributed by atoms with Crippen molar-refractivity contribution >= 4 is 22.8 Å². The molecule has 5 heteroatoms. The number of aliphatic imine (C=N–C) groups is 1. The van der Waals surface area contributed by atoms with Crippen molar-refractivity contribution < 1.29 is 4.79 Å². The van der Waals surface area contributed by atoms with Crippen molar-refractivity contribution in [2.45, 2.75) is 26.8 Å². The highest BCUT2D eigenvalue weighted by Crippen LogP contribution is 2.27. The number of nitrogens with two attached hydrogens (primary N) is 1. The summed E-state index contributed by atoms with van der Waals surface area (Å²) < 4.78 is 0. The van der Waals surface area contributed by atoms with Crippen LogP contribution in [0.15, 0.2) is 4.99 Å². The van der Waals surface area contributed by atoms with Crippen molar-refractivity contribution in [3.63, 3.8) is 0 Å². The highest BCUT2D eigenvalue weighted by molar-refractivity contribution is 8.13. The fourth-order valence-corrected chi connectivity index (χ4v) is 2.02. The van der Waals surface area contributed by atoms with Crippen LogP contribution < -0.4 is 11.1 Å². The Morgan fingerprint density at radius 2 is 2.36 bits per heavy atom. The standard InChI is InChI=1S/C9H17N3OS/c1-6(7(10)13)12-8-11-4-9(2,3)5-14-8/h6H,4-5H2,1-3H3,(H2,10,13)(H,11,12). The summed E-state index contributed by atoms with van der Waals surface area (Å²) in [5.74, 6) is 0.669. The molecule has 1 rings (SSSR count). The maximum Gasteiger partial charge on any atom is 0.239 e. The molecule has 0 aliphatic carbocycles. The molecule has 1 aliphatic heterocycles. The van der Waals surface area contributed by atoms with E-state index in [1.54, 1.807) is 18.7 Å². The summed E-state index contributed by atoms with van der Waals surface area (Å²) in [6, 6.07) is -0.345. The molecule has 1 unspecified atom stereocenters. The third-order valence-electron chi connectivity index (χ3n) is 2.02. The molecule has 1 aliphatic rings. The Balaban J connectivity index is 2.49. The second-order valence-electron chi connectivity index (χ2n) is 4.34. The first-order chi connectivity index (χ1) is 6.41. The number of thioether (sulfide) groups is 1. The zero-order chi connectivity index (χ0) is 10.8. The molecule has 0 bridgehead atoms. The number of nitrogens with zero attached hydrogens (tertiary/aromatic N) is 1. The van der Waals surface area contributed by atoms with Gasteiger partial charge in [0, 0.05) is 12.3 Å². The molecular formula is C9H17N3OS. The van der Waals surface area contributed by atoms with Crippen LogP contribution in [0.25, 0.3) is 0 Å². The summed E-state index contributed by atoms with van der Waals surface area (Å²) in [5.41, 5.74) is 5.40. The Kier molecular flexibility index (Phi) is 3.42. The van der Waals surface area contributed by atoms with Crippen LogP contribution in [0, 0.1) is 5.41 Å². The summed E-state index contributed by atoms with van der Waals surface area (Å²) in [7, 11) is 0. The Hall–Kier alpha value is -0.710. The average Bonchev–Trinajstić information content (AvgIpc) is 2.08. The number of nitrogens with one attached hydrogen (secondary N) is 1. The minimum atomic E-state index is -0.349. The SMILES string of the molecule is CC(NC1=NCC(C)(C)CS1)C(N)=O. The molecule has 80 valence electrons. The molecule has 0 aromatic carbocycles. The number of amidine groups is 1. The minimum Gasteiger partial charge on any atom is -0.368 e. The first-order valence-electron chi connectivity index (χ1n) is 4.64. The smallest absolute Gasteiger partial charge is 0.239 e. The Bertz CT molecular complexity index is 263. The molecule has 0 fully saturated rings. The predicted octanol–water partition coefficient (Wildman–Crippen LogP) is 0.579. The quantitative estimate of drug-likeness (QED) is 0.708. The molecule has 1 amide bonds. The van der Waals surface area contributed by atoms with Crippen molar-refractivity contribution in [1.29, 1.82) is 0 Å². The zero-order valence-electron chi connectivity index (χ0n) is 8.83. The van der Waals surface area contributed by atoms with Gasteiger partial charge in [-0.05, 0) is 12.3 Å². The first kappa shape index (κ1) is 11.4. The van der Waals surface area contributed by atoms with E-state index in [-0.39, 0.29) is 17.4 Å². The van der Waals surface area contributed by atoms with Gasteiger partial charge in [-0.3, -0.25) is 9.79 Å². The fourth-order valence-electron chi connectivity index (χ4n) is 0.984. The predicted molar refractivity (Wildman–Crippen MR) is 60.3 cm³/mol. The van der Waals surface area contributed by atoms with Crippen molar-refractivity contribution in [3.05, 3.63) is 0 Å². The molecule has 0 aromatic rings. The second kappa shape index (κ2) is 4.21. The molecule has 0 radical (unpaired) electrons. The normalized spacial score (nSPS) is 22.4. The zero-order valence-corrected chi connectivity index (χ0v) is 9.65. The van der Waals surface area contributed by atoms with Crippen LogP contribution in [0.3, 0.4) is 0 Å². The van der Waals surface area contributed by atoms with Crippen molar-refractivity contribution in [2.75, 3.05) is 12.3 Å². The number of primary amides is 1. The topological polar surface area (TPSA) is 67.5 Å². The van der Waals surface area contributed by atoms with Gasteiger partial charge in [0.15, 0.2) is 5.17 Å². The Morgan fingerprint density at radius 3 is 2.79 bits per heavy atom. The van der Waals surface area contributed by atoms with Crippen LogP contribution in [-0.2, 0) is 4.79 Å². The largest absolute Gasteiger partial charge is 0.368 e. The molecule has 4 nitrogen and oxygen atoms in total. The second-order valence-corrected chi connectivity index (χ2v) is 5.31. The first-order valence-corrected chi connectivity index (χ1v) is 5.62. The number of carbonyl (C=O) groups excluding carboxylic acids is 1. The maximum atomic E-state index is 10.8. The molecule has 3 N–H and O–H groups in total. The number of carbonyl (C=O) groups is 1. The summed E-state index contributed by atoms with van der Waals surface area (Å²) >= 11 is 1.65. The van der Waals surface area contributed by atoms with Crippen LogP contribution in [0.5, 0.6) is 0 Å². The molecule has 1 heterocycles. The van der Waals surface area contributed by atoms with Gasteiger partial charge in [-0.2, -0.15) is 0 Å². The number of hydrogen-bond acceptors (Lipinski definition) is 4. The molecule has 0 aromatic heterocycles. The number of hydrogen-bond donors (Lipinski definition) is 2. The molecule has 1 atom stereocenters. The highest BCUT2D eigenvalue weighted by Gasteiger charge is 2.24. The summed E-state index contributed by atoms with van der Waals surface area (Å²) in [5, 5.41) is 3.82.